The van der Waals surface area contributed by atoms with Crippen LogP contribution in [0, 0.1) is 6.92 Å². The molecule has 0 unspecified atom stereocenters. The van der Waals surface area contributed by atoms with Crippen molar-refractivity contribution in [2.24, 2.45) is 0 Å². The Morgan fingerprint density at radius 2 is 1.89 bits per heavy atom. The molecule has 0 saturated heterocycles. The summed E-state index contributed by atoms with van der Waals surface area (Å²) in [5.41, 5.74) is 1.78. The molecule has 2 nitrogen and oxygen atoms in total. The molecule has 0 fully saturated rings. The number of ether oxygens (including phenoxy) is 1. The highest BCUT2D eigenvalue weighted by Gasteiger charge is 2.04. The molecule has 0 spiro atoms. The Kier molecular flexibility index (Phi) is 4.37. The molecule has 0 atom stereocenters. The molecule has 2 aromatic carbocycles. The number of aryl methyl sites for hydroxylation is 1. The molecule has 0 radical (unpaired) electrons. The maximum atomic E-state index is 11.7. The molecule has 2 rings (SSSR count). The molecule has 0 aliphatic heterocycles. The minimum Gasteiger partial charge on any atom is -0.423 e. The SMILES string of the molecule is Cc1cc(Cl)ccc1OC(=O)C=Cc1ccccc1. The van der Waals surface area contributed by atoms with E-state index in [0.29, 0.717) is 10.8 Å². The van der Waals surface area contributed by atoms with Crippen molar-refractivity contribution >= 4 is 23.6 Å². The molecule has 0 heterocycles. The second-order valence-electron chi connectivity index (χ2n) is 4.07. The Morgan fingerprint density at radius 3 is 2.58 bits per heavy atom. The molecule has 0 aliphatic carbocycles. The van der Waals surface area contributed by atoms with Crippen molar-refractivity contribution in [1.29, 1.82) is 0 Å². The lowest BCUT2D eigenvalue weighted by Crippen LogP contribution is -2.04. The number of hydrogen-bond donors (Lipinski definition) is 0. The fraction of sp³-hybridized carbons (Fsp3) is 0.0625. The van der Waals surface area contributed by atoms with Gasteiger partial charge in [0, 0.05) is 11.1 Å². The van der Waals surface area contributed by atoms with E-state index in [1.54, 1.807) is 24.3 Å². The maximum absolute atomic E-state index is 11.7. The molecule has 0 amide bonds. The molecular weight excluding hydrogens is 260 g/mol. The predicted octanol–water partition coefficient (Wildman–Crippen LogP) is 4.27. The monoisotopic (exact) mass is 272 g/mol. The average molecular weight is 273 g/mol. The molecule has 3 heteroatoms. The van der Waals surface area contributed by atoms with Crippen molar-refractivity contribution in [2.75, 3.05) is 0 Å². The van der Waals surface area contributed by atoms with E-state index >= 15 is 0 Å². The zero-order valence-electron chi connectivity index (χ0n) is 10.5. The van der Waals surface area contributed by atoms with Crippen molar-refractivity contribution in [1.82, 2.24) is 0 Å². The van der Waals surface area contributed by atoms with Crippen molar-refractivity contribution in [2.45, 2.75) is 6.92 Å². The van der Waals surface area contributed by atoms with E-state index in [4.69, 9.17) is 16.3 Å². The lowest BCUT2D eigenvalue weighted by molar-refractivity contribution is -0.128. The van der Waals surface area contributed by atoms with Gasteiger partial charge in [0.25, 0.3) is 0 Å². The number of rotatable bonds is 3. The number of esters is 1. The van der Waals surface area contributed by atoms with Crippen molar-refractivity contribution in [3.05, 3.63) is 70.8 Å². The van der Waals surface area contributed by atoms with E-state index in [0.717, 1.165) is 11.1 Å². The largest absolute Gasteiger partial charge is 0.423 e. The summed E-state index contributed by atoms with van der Waals surface area (Å²) in [5, 5.41) is 0.622. The Bertz CT molecular complexity index is 603. The van der Waals surface area contributed by atoms with Crippen LogP contribution in [-0.4, -0.2) is 5.97 Å². The molecule has 0 aromatic heterocycles. The summed E-state index contributed by atoms with van der Waals surface area (Å²) in [6.07, 6.45) is 3.12. The standard InChI is InChI=1S/C16H13ClO2/c1-12-11-14(17)8-9-15(12)19-16(18)10-7-13-5-3-2-4-6-13/h2-11H,1H3. The summed E-state index contributed by atoms with van der Waals surface area (Å²) < 4.78 is 5.24. The number of halogens is 1. The van der Waals surface area contributed by atoms with Gasteiger partial charge in [0.05, 0.1) is 0 Å². The van der Waals surface area contributed by atoms with Crippen LogP contribution in [0.1, 0.15) is 11.1 Å². The average Bonchev–Trinajstić information content (AvgIpc) is 2.41. The first-order chi connectivity index (χ1) is 9.15. The summed E-state index contributed by atoms with van der Waals surface area (Å²) in [6, 6.07) is 14.7. The minimum atomic E-state index is -0.408. The van der Waals surface area contributed by atoms with E-state index in [1.807, 2.05) is 37.3 Å². The predicted molar refractivity (Wildman–Crippen MR) is 77.3 cm³/mol. The van der Waals surface area contributed by atoms with Crippen LogP contribution in [-0.2, 0) is 4.79 Å². The van der Waals surface area contributed by atoms with Crippen molar-refractivity contribution in [3.8, 4) is 5.75 Å². The molecule has 19 heavy (non-hydrogen) atoms. The summed E-state index contributed by atoms with van der Waals surface area (Å²) in [6.45, 7) is 1.84. The third kappa shape index (κ3) is 3.97. The second-order valence-corrected chi connectivity index (χ2v) is 4.51. The second kappa shape index (κ2) is 6.21. The van der Waals surface area contributed by atoms with Gasteiger partial charge in [-0.25, -0.2) is 4.79 Å². The highest BCUT2D eigenvalue weighted by atomic mass is 35.5. The molecule has 0 N–H and O–H groups in total. The fourth-order valence-corrected chi connectivity index (χ4v) is 1.82. The Morgan fingerprint density at radius 1 is 1.16 bits per heavy atom. The van der Waals surface area contributed by atoms with E-state index in [2.05, 4.69) is 0 Å². The third-order valence-electron chi connectivity index (χ3n) is 2.56. The Labute approximate surface area is 117 Å². The number of carbonyl (C=O) groups is 1. The van der Waals surface area contributed by atoms with Crippen LogP contribution in [0.3, 0.4) is 0 Å². The van der Waals surface area contributed by atoms with Crippen molar-refractivity contribution in [3.63, 3.8) is 0 Å². The number of carbonyl (C=O) groups excluding carboxylic acids is 1. The van der Waals surface area contributed by atoms with Crippen molar-refractivity contribution < 1.29 is 9.53 Å². The lowest BCUT2D eigenvalue weighted by Gasteiger charge is -2.05. The first-order valence-corrected chi connectivity index (χ1v) is 6.24. The van der Waals surface area contributed by atoms with Gasteiger partial charge in [-0.05, 0) is 42.3 Å². The zero-order chi connectivity index (χ0) is 13.7. The van der Waals surface area contributed by atoms with Crippen LogP contribution in [0.25, 0.3) is 6.08 Å². The fourth-order valence-electron chi connectivity index (χ4n) is 1.60. The molecular formula is C16H13ClO2. The van der Waals surface area contributed by atoms with Gasteiger partial charge >= 0.3 is 5.97 Å². The number of hydrogen-bond acceptors (Lipinski definition) is 2. The summed E-state index contributed by atoms with van der Waals surface area (Å²) >= 11 is 5.84. The molecule has 0 aliphatic rings. The van der Waals surface area contributed by atoms with Crippen LogP contribution in [0.5, 0.6) is 5.75 Å². The summed E-state index contributed by atoms with van der Waals surface area (Å²) in [5.74, 6) is 0.112. The summed E-state index contributed by atoms with van der Waals surface area (Å²) in [7, 11) is 0. The van der Waals surface area contributed by atoms with Gasteiger partial charge in [-0.3, -0.25) is 0 Å². The molecule has 2 aromatic rings. The van der Waals surface area contributed by atoms with Crippen LogP contribution < -0.4 is 4.74 Å². The molecule has 0 bridgehead atoms. The van der Waals surface area contributed by atoms with Gasteiger partial charge in [-0.2, -0.15) is 0 Å². The van der Waals surface area contributed by atoms with Gasteiger partial charge in [0.2, 0.25) is 0 Å². The quantitative estimate of drug-likeness (QED) is 0.474. The number of benzene rings is 2. The van der Waals surface area contributed by atoms with Gasteiger partial charge < -0.3 is 4.74 Å². The first kappa shape index (κ1) is 13.4. The highest BCUT2D eigenvalue weighted by molar-refractivity contribution is 6.30. The Hall–Kier alpha value is -2.06. The topological polar surface area (TPSA) is 26.3 Å². The molecule has 0 saturated carbocycles. The smallest absolute Gasteiger partial charge is 0.336 e. The van der Waals surface area contributed by atoms with Crippen LogP contribution in [0.4, 0.5) is 0 Å². The Balaban J connectivity index is 2.04. The van der Waals surface area contributed by atoms with Gasteiger partial charge in [0.1, 0.15) is 5.75 Å². The normalized spacial score (nSPS) is 10.6. The lowest BCUT2D eigenvalue weighted by atomic mass is 10.2. The maximum Gasteiger partial charge on any atom is 0.336 e. The van der Waals surface area contributed by atoms with Crippen LogP contribution >= 0.6 is 11.6 Å². The van der Waals surface area contributed by atoms with E-state index in [-0.39, 0.29) is 0 Å². The third-order valence-corrected chi connectivity index (χ3v) is 2.79. The highest BCUT2D eigenvalue weighted by Crippen LogP contribution is 2.22. The zero-order valence-corrected chi connectivity index (χ0v) is 11.2. The van der Waals surface area contributed by atoms with E-state index < -0.39 is 5.97 Å². The van der Waals surface area contributed by atoms with Crippen LogP contribution in [0.2, 0.25) is 5.02 Å². The molecule has 96 valence electrons. The van der Waals surface area contributed by atoms with Gasteiger partial charge in [-0.1, -0.05) is 41.9 Å². The van der Waals surface area contributed by atoms with E-state index in [9.17, 15) is 4.79 Å². The van der Waals surface area contributed by atoms with Gasteiger partial charge in [0.15, 0.2) is 0 Å². The minimum absolute atomic E-state index is 0.408. The van der Waals surface area contributed by atoms with E-state index in [1.165, 1.54) is 6.08 Å². The first-order valence-electron chi connectivity index (χ1n) is 5.86. The van der Waals surface area contributed by atoms with Gasteiger partial charge in [-0.15, -0.1) is 0 Å². The van der Waals surface area contributed by atoms with Crippen LogP contribution in [0.15, 0.2) is 54.6 Å². The summed E-state index contributed by atoms with van der Waals surface area (Å²) in [4.78, 5) is 11.7.